The maximum atomic E-state index is 11.9. The molecule has 128 valence electrons. The lowest BCUT2D eigenvalue weighted by atomic mass is 10.2. The van der Waals surface area contributed by atoms with E-state index < -0.39 is 0 Å². The molecule has 7 heteroatoms. The number of hydrogen-bond acceptors (Lipinski definition) is 6. The van der Waals surface area contributed by atoms with Gasteiger partial charge in [-0.2, -0.15) is 0 Å². The van der Waals surface area contributed by atoms with Crippen LogP contribution >= 0.6 is 0 Å². The van der Waals surface area contributed by atoms with Gasteiger partial charge in [-0.05, 0) is 54.6 Å². The van der Waals surface area contributed by atoms with Gasteiger partial charge in [0.1, 0.15) is 5.76 Å². The highest BCUT2D eigenvalue weighted by Gasteiger charge is 2.12. The summed E-state index contributed by atoms with van der Waals surface area (Å²) in [6, 6.07) is 14.1. The van der Waals surface area contributed by atoms with Crippen LogP contribution in [0, 0.1) is 0 Å². The summed E-state index contributed by atoms with van der Waals surface area (Å²) in [5, 5.41) is 10.7. The van der Waals surface area contributed by atoms with Crippen molar-refractivity contribution in [3.8, 4) is 23.1 Å². The topological polar surface area (TPSA) is 94.3 Å². The quantitative estimate of drug-likeness (QED) is 0.543. The Morgan fingerprint density at radius 2 is 1.69 bits per heavy atom. The zero-order chi connectivity index (χ0) is 17.8. The predicted molar refractivity (Wildman–Crippen MR) is 93.8 cm³/mol. The van der Waals surface area contributed by atoms with Crippen molar-refractivity contribution in [1.29, 1.82) is 0 Å². The standard InChI is InChI=1S/C19H13N3O4/c23-17(10-9-15-3-1-11-24-15)20-14-7-5-13(6-8-14)18-21-22-19(26-18)16-4-2-12-25-16/h1-12H,(H,20,23). The van der Waals surface area contributed by atoms with E-state index in [2.05, 4.69) is 15.5 Å². The predicted octanol–water partition coefficient (Wildman–Crippen LogP) is 4.24. The Bertz CT molecular complexity index is 1010. The Balaban J connectivity index is 1.43. The molecule has 0 unspecified atom stereocenters. The minimum Gasteiger partial charge on any atom is -0.465 e. The van der Waals surface area contributed by atoms with Crippen molar-refractivity contribution >= 4 is 17.7 Å². The molecule has 0 aliphatic heterocycles. The molecule has 1 amide bonds. The van der Waals surface area contributed by atoms with E-state index >= 15 is 0 Å². The SMILES string of the molecule is O=C(C=Cc1ccco1)Nc1ccc(-c2nnc(-c3ccco3)o2)cc1. The molecule has 1 N–H and O–H groups in total. The van der Waals surface area contributed by atoms with Gasteiger partial charge in [0.05, 0.1) is 12.5 Å². The molecule has 0 radical (unpaired) electrons. The molecule has 4 aromatic rings. The summed E-state index contributed by atoms with van der Waals surface area (Å²) in [5.74, 6) is 1.54. The molecule has 0 aliphatic carbocycles. The van der Waals surface area contributed by atoms with Crippen LogP contribution in [0.5, 0.6) is 0 Å². The Morgan fingerprint density at radius 3 is 2.42 bits per heavy atom. The highest BCUT2D eigenvalue weighted by Crippen LogP contribution is 2.25. The lowest BCUT2D eigenvalue weighted by Crippen LogP contribution is -2.07. The number of aromatic nitrogens is 2. The molecule has 7 nitrogen and oxygen atoms in total. The third-order valence-corrected chi connectivity index (χ3v) is 3.50. The molecule has 3 aromatic heterocycles. The van der Waals surface area contributed by atoms with Crippen LogP contribution in [0.3, 0.4) is 0 Å². The first-order valence-electron chi connectivity index (χ1n) is 7.78. The second kappa shape index (κ2) is 6.94. The molecule has 3 heterocycles. The van der Waals surface area contributed by atoms with Crippen LogP contribution in [-0.4, -0.2) is 16.1 Å². The number of carbonyl (C=O) groups is 1. The van der Waals surface area contributed by atoms with E-state index in [9.17, 15) is 4.79 Å². The molecular weight excluding hydrogens is 334 g/mol. The molecule has 0 bridgehead atoms. The van der Waals surface area contributed by atoms with Gasteiger partial charge in [0.2, 0.25) is 11.8 Å². The number of amides is 1. The van der Waals surface area contributed by atoms with Crippen LogP contribution in [0.2, 0.25) is 0 Å². The average Bonchev–Trinajstić information content (AvgIpc) is 3.42. The number of rotatable bonds is 5. The van der Waals surface area contributed by atoms with E-state index in [-0.39, 0.29) is 5.91 Å². The number of carbonyl (C=O) groups excluding carboxylic acids is 1. The molecule has 0 spiro atoms. The van der Waals surface area contributed by atoms with E-state index in [0.29, 0.717) is 29.0 Å². The largest absolute Gasteiger partial charge is 0.465 e. The molecule has 1 aromatic carbocycles. The molecule has 0 saturated carbocycles. The van der Waals surface area contributed by atoms with Gasteiger partial charge in [-0.25, -0.2) is 0 Å². The third-order valence-electron chi connectivity index (χ3n) is 3.50. The molecule has 0 saturated heterocycles. The maximum Gasteiger partial charge on any atom is 0.283 e. The summed E-state index contributed by atoms with van der Waals surface area (Å²) < 4.78 is 15.9. The minimum atomic E-state index is -0.257. The zero-order valence-corrected chi connectivity index (χ0v) is 13.5. The lowest BCUT2D eigenvalue weighted by Gasteiger charge is -2.02. The first kappa shape index (κ1) is 15.6. The van der Waals surface area contributed by atoms with Crippen molar-refractivity contribution in [2.24, 2.45) is 0 Å². The third kappa shape index (κ3) is 3.46. The molecule has 0 aliphatic rings. The van der Waals surface area contributed by atoms with Gasteiger partial charge in [0, 0.05) is 17.3 Å². The van der Waals surface area contributed by atoms with Gasteiger partial charge in [-0.3, -0.25) is 4.79 Å². The number of nitrogens with zero attached hydrogens (tertiary/aromatic N) is 2. The minimum absolute atomic E-state index is 0.257. The van der Waals surface area contributed by atoms with E-state index in [1.165, 1.54) is 12.3 Å². The Hall–Kier alpha value is -3.87. The monoisotopic (exact) mass is 347 g/mol. The fraction of sp³-hybridized carbons (Fsp3) is 0. The van der Waals surface area contributed by atoms with E-state index in [0.717, 1.165) is 5.56 Å². The van der Waals surface area contributed by atoms with Crippen LogP contribution in [0.25, 0.3) is 29.2 Å². The first-order chi connectivity index (χ1) is 12.8. The molecular formula is C19H13N3O4. The van der Waals surface area contributed by atoms with Crippen molar-refractivity contribution in [2.75, 3.05) is 5.32 Å². The maximum absolute atomic E-state index is 11.9. The van der Waals surface area contributed by atoms with Gasteiger partial charge in [-0.1, -0.05) is 0 Å². The van der Waals surface area contributed by atoms with Gasteiger partial charge < -0.3 is 18.6 Å². The number of nitrogens with one attached hydrogen (secondary N) is 1. The van der Waals surface area contributed by atoms with Crippen LogP contribution in [0.4, 0.5) is 5.69 Å². The normalized spacial score (nSPS) is 11.1. The highest BCUT2D eigenvalue weighted by molar-refractivity contribution is 6.01. The Kier molecular flexibility index (Phi) is 4.17. The molecule has 0 fully saturated rings. The summed E-state index contributed by atoms with van der Waals surface area (Å²) in [7, 11) is 0. The second-order valence-corrected chi connectivity index (χ2v) is 5.31. The van der Waals surface area contributed by atoms with E-state index in [1.54, 1.807) is 60.9 Å². The van der Waals surface area contributed by atoms with Crippen LogP contribution in [0.15, 0.2) is 80.4 Å². The fourth-order valence-electron chi connectivity index (χ4n) is 2.26. The Labute approximate surface area is 148 Å². The second-order valence-electron chi connectivity index (χ2n) is 5.31. The molecule has 0 atom stereocenters. The number of hydrogen-bond donors (Lipinski definition) is 1. The van der Waals surface area contributed by atoms with Gasteiger partial charge in [0.25, 0.3) is 5.89 Å². The summed E-state index contributed by atoms with van der Waals surface area (Å²) in [6.45, 7) is 0. The van der Waals surface area contributed by atoms with Crippen molar-refractivity contribution in [1.82, 2.24) is 10.2 Å². The smallest absolute Gasteiger partial charge is 0.283 e. The van der Waals surface area contributed by atoms with Gasteiger partial charge >= 0.3 is 0 Å². The van der Waals surface area contributed by atoms with Crippen molar-refractivity contribution in [3.63, 3.8) is 0 Å². The summed E-state index contributed by atoms with van der Waals surface area (Å²) in [5.41, 5.74) is 1.38. The van der Waals surface area contributed by atoms with Crippen LogP contribution < -0.4 is 5.32 Å². The summed E-state index contributed by atoms with van der Waals surface area (Å²) in [6.07, 6.45) is 6.08. The molecule has 4 rings (SSSR count). The van der Waals surface area contributed by atoms with Crippen LogP contribution in [0.1, 0.15) is 5.76 Å². The summed E-state index contributed by atoms with van der Waals surface area (Å²) >= 11 is 0. The molecule has 26 heavy (non-hydrogen) atoms. The lowest BCUT2D eigenvalue weighted by molar-refractivity contribution is -0.111. The van der Waals surface area contributed by atoms with E-state index in [4.69, 9.17) is 13.3 Å². The van der Waals surface area contributed by atoms with Gasteiger partial charge in [0.15, 0.2) is 5.76 Å². The van der Waals surface area contributed by atoms with Crippen molar-refractivity contribution in [3.05, 3.63) is 72.9 Å². The van der Waals surface area contributed by atoms with E-state index in [1.807, 2.05) is 0 Å². The van der Waals surface area contributed by atoms with Crippen molar-refractivity contribution in [2.45, 2.75) is 0 Å². The number of benzene rings is 1. The summed E-state index contributed by atoms with van der Waals surface area (Å²) in [4.78, 5) is 11.9. The Morgan fingerprint density at radius 1 is 0.923 bits per heavy atom. The van der Waals surface area contributed by atoms with Crippen molar-refractivity contribution < 1.29 is 18.0 Å². The highest BCUT2D eigenvalue weighted by atomic mass is 16.4. The number of furan rings is 2. The number of anilines is 1. The van der Waals surface area contributed by atoms with Gasteiger partial charge in [-0.15, -0.1) is 10.2 Å². The zero-order valence-electron chi connectivity index (χ0n) is 13.5. The van der Waals surface area contributed by atoms with Crippen LogP contribution in [-0.2, 0) is 4.79 Å². The average molecular weight is 347 g/mol. The first-order valence-corrected chi connectivity index (χ1v) is 7.78. The fourth-order valence-corrected chi connectivity index (χ4v) is 2.26.